The molecule has 17 heavy (non-hydrogen) atoms. The van der Waals surface area contributed by atoms with Crippen LogP contribution in [0.2, 0.25) is 0 Å². The Hall–Kier alpha value is -1.35. The van der Waals surface area contributed by atoms with Crippen LogP contribution in [0.1, 0.15) is 43.0 Å². The Bertz CT molecular complexity index is 333. The van der Waals surface area contributed by atoms with E-state index in [-0.39, 0.29) is 5.78 Å². The number of carbonyl (C=O) groups excluding carboxylic acids is 1. The summed E-state index contributed by atoms with van der Waals surface area (Å²) in [6.07, 6.45) is 3.61. The van der Waals surface area contributed by atoms with E-state index in [4.69, 9.17) is 10.5 Å². The normalized spacial score (nSPS) is 10.4. The number of anilines is 1. The van der Waals surface area contributed by atoms with Crippen LogP contribution in [0.4, 0.5) is 5.69 Å². The minimum Gasteiger partial charge on any atom is -0.399 e. The van der Waals surface area contributed by atoms with E-state index < -0.39 is 0 Å². The number of nitrogens with two attached hydrogens (primary N) is 1. The van der Waals surface area contributed by atoms with Crippen molar-refractivity contribution in [1.29, 1.82) is 0 Å². The molecule has 0 fully saturated rings. The molecule has 0 saturated heterocycles. The zero-order valence-corrected chi connectivity index (χ0v) is 10.4. The number of benzene rings is 1. The van der Waals surface area contributed by atoms with E-state index in [1.54, 1.807) is 24.3 Å². The Morgan fingerprint density at radius 1 is 1.18 bits per heavy atom. The number of hydrogen-bond donors (Lipinski definition) is 1. The van der Waals surface area contributed by atoms with Gasteiger partial charge in [0.05, 0.1) is 0 Å². The molecule has 0 aliphatic carbocycles. The van der Waals surface area contributed by atoms with Gasteiger partial charge in [-0.15, -0.1) is 0 Å². The number of ether oxygens (including phenoxy) is 1. The topological polar surface area (TPSA) is 52.3 Å². The maximum Gasteiger partial charge on any atom is 0.162 e. The average Bonchev–Trinajstić information content (AvgIpc) is 2.34. The van der Waals surface area contributed by atoms with Crippen LogP contribution < -0.4 is 5.73 Å². The molecular formula is C14H21NO2. The Kier molecular flexibility index (Phi) is 6.33. The fraction of sp³-hybridized carbons (Fsp3) is 0.500. The molecule has 0 unspecified atom stereocenters. The fourth-order valence-electron chi connectivity index (χ4n) is 1.62. The predicted octanol–water partition coefficient (Wildman–Crippen LogP) is 3.05. The van der Waals surface area contributed by atoms with Crippen molar-refractivity contribution in [2.45, 2.75) is 32.6 Å². The number of hydrogen-bond acceptors (Lipinski definition) is 3. The molecule has 0 aliphatic heterocycles. The third-order valence-corrected chi connectivity index (χ3v) is 2.63. The number of carbonyl (C=O) groups is 1. The molecule has 0 heterocycles. The Morgan fingerprint density at radius 2 is 1.88 bits per heavy atom. The van der Waals surface area contributed by atoms with Gasteiger partial charge in [-0.1, -0.05) is 6.42 Å². The summed E-state index contributed by atoms with van der Waals surface area (Å²) in [6.45, 7) is 3.56. The first-order valence-corrected chi connectivity index (χ1v) is 6.20. The van der Waals surface area contributed by atoms with Crippen LogP contribution in [0, 0.1) is 0 Å². The first kappa shape index (κ1) is 13.7. The van der Waals surface area contributed by atoms with E-state index in [2.05, 4.69) is 0 Å². The highest BCUT2D eigenvalue weighted by Gasteiger charge is 2.04. The molecule has 2 N–H and O–H groups in total. The zero-order chi connectivity index (χ0) is 12.5. The number of rotatable bonds is 8. The van der Waals surface area contributed by atoms with E-state index in [1.807, 2.05) is 6.92 Å². The van der Waals surface area contributed by atoms with Crippen molar-refractivity contribution in [2.75, 3.05) is 18.9 Å². The molecule has 0 aliphatic rings. The van der Waals surface area contributed by atoms with Crippen molar-refractivity contribution in [3.8, 4) is 0 Å². The van der Waals surface area contributed by atoms with Gasteiger partial charge in [0.15, 0.2) is 5.78 Å². The standard InChI is InChI=1S/C14H21NO2/c1-2-17-11-5-3-4-6-14(16)12-7-9-13(15)10-8-12/h7-10H,2-6,11,15H2,1H3. The van der Waals surface area contributed by atoms with Gasteiger partial charge in [0, 0.05) is 30.9 Å². The molecule has 3 heteroatoms. The van der Waals surface area contributed by atoms with E-state index in [0.29, 0.717) is 12.1 Å². The van der Waals surface area contributed by atoms with Gasteiger partial charge in [-0.3, -0.25) is 4.79 Å². The molecule has 94 valence electrons. The van der Waals surface area contributed by atoms with Crippen LogP contribution in [0.5, 0.6) is 0 Å². The van der Waals surface area contributed by atoms with E-state index in [9.17, 15) is 4.79 Å². The van der Waals surface area contributed by atoms with E-state index in [1.165, 1.54) is 0 Å². The molecule has 0 amide bonds. The summed E-state index contributed by atoms with van der Waals surface area (Å²) in [6, 6.07) is 7.11. The summed E-state index contributed by atoms with van der Waals surface area (Å²) in [5.74, 6) is 0.196. The lowest BCUT2D eigenvalue weighted by atomic mass is 10.0. The highest BCUT2D eigenvalue weighted by Crippen LogP contribution is 2.10. The first-order chi connectivity index (χ1) is 8.24. The fourth-order valence-corrected chi connectivity index (χ4v) is 1.62. The van der Waals surface area contributed by atoms with Crippen LogP contribution >= 0.6 is 0 Å². The third-order valence-electron chi connectivity index (χ3n) is 2.63. The summed E-state index contributed by atoms with van der Waals surface area (Å²) >= 11 is 0. The van der Waals surface area contributed by atoms with Crippen LogP contribution in [0.15, 0.2) is 24.3 Å². The molecule has 1 aromatic rings. The Morgan fingerprint density at radius 3 is 2.53 bits per heavy atom. The number of Topliss-reactive ketones (excluding diaryl/α,β-unsaturated/α-hetero) is 1. The Labute approximate surface area is 103 Å². The number of nitrogen functional groups attached to an aromatic ring is 1. The van der Waals surface area contributed by atoms with E-state index in [0.717, 1.165) is 38.0 Å². The molecule has 0 aromatic heterocycles. The van der Waals surface area contributed by atoms with Crippen molar-refractivity contribution >= 4 is 11.5 Å². The summed E-state index contributed by atoms with van der Waals surface area (Å²) < 4.78 is 5.24. The summed E-state index contributed by atoms with van der Waals surface area (Å²) in [5, 5.41) is 0. The Balaban J connectivity index is 2.19. The van der Waals surface area contributed by atoms with Crippen molar-refractivity contribution < 1.29 is 9.53 Å². The molecule has 3 nitrogen and oxygen atoms in total. The first-order valence-electron chi connectivity index (χ1n) is 6.20. The highest BCUT2D eigenvalue weighted by atomic mass is 16.5. The molecule has 0 spiro atoms. The molecule has 0 atom stereocenters. The lowest BCUT2D eigenvalue weighted by Gasteiger charge is -2.02. The largest absolute Gasteiger partial charge is 0.399 e. The lowest BCUT2D eigenvalue weighted by molar-refractivity contribution is 0.0976. The molecule has 0 radical (unpaired) electrons. The van der Waals surface area contributed by atoms with Gasteiger partial charge >= 0.3 is 0 Å². The minimum atomic E-state index is 0.196. The predicted molar refractivity (Wildman–Crippen MR) is 70.1 cm³/mol. The van der Waals surface area contributed by atoms with Gasteiger partial charge in [-0.25, -0.2) is 0 Å². The highest BCUT2D eigenvalue weighted by molar-refractivity contribution is 5.96. The van der Waals surface area contributed by atoms with Crippen molar-refractivity contribution in [2.24, 2.45) is 0 Å². The maximum absolute atomic E-state index is 11.8. The van der Waals surface area contributed by atoms with Crippen LogP contribution in [-0.2, 0) is 4.74 Å². The third kappa shape index (κ3) is 5.50. The second kappa shape index (κ2) is 7.85. The monoisotopic (exact) mass is 235 g/mol. The second-order valence-electron chi connectivity index (χ2n) is 4.05. The van der Waals surface area contributed by atoms with Crippen LogP contribution in [0.25, 0.3) is 0 Å². The zero-order valence-electron chi connectivity index (χ0n) is 10.4. The smallest absolute Gasteiger partial charge is 0.162 e. The molecule has 1 aromatic carbocycles. The molecular weight excluding hydrogens is 214 g/mol. The summed E-state index contributed by atoms with van der Waals surface area (Å²) in [7, 11) is 0. The SMILES string of the molecule is CCOCCCCCC(=O)c1ccc(N)cc1. The quantitative estimate of drug-likeness (QED) is 0.428. The maximum atomic E-state index is 11.8. The van der Waals surface area contributed by atoms with Crippen molar-refractivity contribution in [3.05, 3.63) is 29.8 Å². The van der Waals surface area contributed by atoms with Crippen LogP contribution in [-0.4, -0.2) is 19.0 Å². The minimum absolute atomic E-state index is 0.196. The van der Waals surface area contributed by atoms with Crippen molar-refractivity contribution in [3.63, 3.8) is 0 Å². The number of ketones is 1. The number of unbranched alkanes of at least 4 members (excludes halogenated alkanes) is 2. The molecule has 1 rings (SSSR count). The van der Waals surface area contributed by atoms with Crippen LogP contribution in [0.3, 0.4) is 0 Å². The summed E-state index contributed by atoms with van der Waals surface area (Å²) in [5.41, 5.74) is 7.02. The molecule has 0 bridgehead atoms. The summed E-state index contributed by atoms with van der Waals surface area (Å²) in [4.78, 5) is 11.8. The van der Waals surface area contributed by atoms with Gasteiger partial charge in [0.2, 0.25) is 0 Å². The van der Waals surface area contributed by atoms with Gasteiger partial charge < -0.3 is 10.5 Å². The van der Waals surface area contributed by atoms with Gasteiger partial charge in [0.25, 0.3) is 0 Å². The lowest BCUT2D eigenvalue weighted by Crippen LogP contribution is -2.00. The van der Waals surface area contributed by atoms with Gasteiger partial charge in [-0.05, 0) is 44.0 Å². The van der Waals surface area contributed by atoms with E-state index >= 15 is 0 Å². The molecule has 0 saturated carbocycles. The van der Waals surface area contributed by atoms with Gasteiger partial charge in [0.1, 0.15) is 0 Å². The van der Waals surface area contributed by atoms with Gasteiger partial charge in [-0.2, -0.15) is 0 Å². The van der Waals surface area contributed by atoms with Crippen molar-refractivity contribution in [1.82, 2.24) is 0 Å². The average molecular weight is 235 g/mol. The second-order valence-corrected chi connectivity index (χ2v) is 4.05.